The summed E-state index contributed by atoms with van der Waals surface area (Å²) in [4.78, 5) is 3.91. The molecule has 0 spiro atoms. The number of anilines is 2. The van der Waals surface area contributed by atoms with Crippen molar-refractivity contribution in [3.05, 3.63) is 53.9 Å². The van der Waals surface area contributed by atoms with Gasteiger partial charge in [-0.15, -0.1) is 0 Å². The molecule has 0 aliphatic heterocycles. The third-order valence-electron chi connectivity index (χ3n) is 2.57. The van der Waals surface area contributed by atoms with Crippen molar-refractivity contribution in [3.63, 3.8) is 0 Å². The zero-order valence-electron chi connectivity index (χ0n) is 9.80. The molecule has 0 aliphatic rings. The molecule has 0 unspecified atom stereocenters. The Bertz CT molecular complexity index is 558. The maximum atomic E-state index is 8.95. The Morgan fingerprint density at radius 3 is 2.67 bits per heavy atom. The molecule has 2 aromatic rings. The molecule has 0 amide bonds. The number of pyridine rings is 1. The van der Waals surface area contributed by atoms with Crippen LogP contribution in [0.1, 0.15) is 11.1 Å². The van der Waals surface area contributed by atoms with Crippen LogP contribution in [0.25, 0.3) is 0 Å². The third-order valence-corrected chi connectivity index (χ3v) is 2.57. The van der Waals surface area contributed by atoms with E-state index in [-0.39, 0.29) is 6.61 Å². The smallest absolute Gasteiger partial charge is 0.103 e. The third kappa shape index (κ3) is 2.84. The summed E-state index contributed by atoms with van der Waals surface area (Å²) in [6.07, 6.45) is 3.82. The van der Waals surface area contributed by atoms with Crippen LogP contribution < -0.4 is 5.32 Å². The minimum atomic E-state index is 0.149. The van der Waals surface area contributed by atoms with Gasteiger partial charge < -0.3 is 10.4 Å². The number of aliphatic hydroxyl groups excluding tert-OH is 1. The molecule has 2 rings (SSSR count). The SMILES string of the molecule is N#Cc1cnccc1Nc1ccc(CCO)cc1. The average Bonchev–Trinajstić information content (AvgIpc) is 2.42. The molecule has 0 fully saturated rings. The van der Waals surface area contributed by atoms with E-state index in [0.29, 0.717) is 12.0 Å². The van der Waals surface area contributed by atoms with Gasteiger partial charge in [0.15, 0.2) is 0 Å². The van der Waals surface area contributed by atoms with E-state index in [1.165, 1.54) is 6.20 Å². The molecule has 0 saturated heterocycles. The van der Waals surface area contributed by atoms with Crippen molar-refractivity contribution in [2.75, 3.05) is 11.9 Å². The number of nitrogens with zero attached hydrogens (tertiary/aromatic N) is 2. The second-order valence-electron chi connectivity index (χ2n) is 3.83. The first-order valence-corrected chi connectivity index (χ1v) is 5.64. The molecule has 1 heterocycles. The van der Waals surface area contributed by atoms with E-state index in [9.17, 15) is 0 Å². The molecule has 0 saturated carbocycles. The highest BCUT2D eigenvalue weighted by atomic mass is 16.2. The lowest BCUT2D eigenvalue weighted by Gasteiger charge is -2.08. The van der Waals surface area contributed by atoms with Crippen molar-refractivity contribution >= 4 is 11.4 Å². The lowest BCUT2D eigenvalue weighted by molar-refractivity contribution is 0.299. The molecule has 0 radical (unpaired) electrons. The second kappa shape index (κ2) is 5.80. The van der Waals surface area contributed by atoms with Gasteiger partial charge in [-0.1, -0.05) is 12.1 Å². The van der Waals surface area contributed by atoms with Crippen LogP contribution in [0.3, 0.4) is 0 Å². The average molecular weight is 239 g/mol. The summed E-state index contributed by atoms with van der Waals surface area (Å²) in [5.74, 6) is 0. The predicted molar refractivity (Wildman–Crippen MR) is 69.5 cm³/mol. The molecule has 1 aromatic heterocycles. The summed E-state index contributed by atoms with van der Waals surface area (Å²) in [7, 11) is 0. The second-order valence-corrected chi connectivity index (χ2v) is 3.83. The maximum absolute atomic E-state index is 8.95. The van der Waals surface area contributed by atoms with Crippen molar-refractivity contribution in [2.24, 2.45) is 0 Å². The number of nitriles is 1. The standard InChI is InChI=1S/C14H13N3O/c15-9-12-10-16-7-5-14(12)17-13-3-1-11(2-4-13)6-8-18/h1-5,7,10,18H,6,8H2,(H,16,17). The van der Waals surface area contributed by atoms with Gasteiger partial charge in [-0.05, 0) is 30.2 Å². The van der Waals surface area contributed by atoms with Crippen LogP contribution in [0, 0.1) is 11.3 Å². The predicted octanol–water partition coefficient (Wildman–Crippen LogP) is 2.23. The van der Waals surface area contributed by atoms with E-state index in [0.717, 1.165) is 16.9 Å². The van der Waals surface area contributed by atoms with E-state index < -0.39 is 0 Å². The maximum Gasteiger partial charge on any atom is 0.103 e. The molecule has 4 heteroatoms. The normalized spacial score (nSPS) is 9.78. The number of aromatic nitrogens is 1. The number of benzene rings is 1. The Labute approximate surface area is 106 Å². The zero-order valence-corrected chi connectivity index (χ0v) is 9.80. The van der Waals surface area contributed by atoms with Crippen LogP contribution >= 0.6 is 0 Å². The summed E-state index contributed by atoms with van der Waals surface area (Å²) >= 11 is 0. The van der Waals surface area contributed by atoms with Crippen LogP contribution in [-0.4, -0.2) is 16.7 Å². The van der Waals surface area contributed by atoms with E-state index in [1.54, 1.807) is 12.3 Å². The number of nitrogens with one attached hydrogen (secondary N) is 1. The van der Waals surface area contributed by atoms with Gasteiger partial charge in [-0.2, -0.15) is 5.26 Å². The van der Waals surface area contributed by atoms with Gasteiger partial charge >= 0.3 is 0 Å². The molecular formula is C14H13N3O. The van der Waals surface area contributed by atoms with Crippen molar-refractivity contribution < 1.29 is 5.11 Å². The van der Waals surface area contributed by atoms with Gasteiger partial charge in [0.2, 0.25) is 0 Å². The first-order valence-electron chi connectivity index (χ1n) is 5.64. The number of rotatable bonds is 4. The topological polar surface area (TPSA) is 68.9 Å². The van der Waals surface area contributed by atoms with Gasteiger partial charge in [0.25, 0.3) is 0 Å². The van der Waals surface area contributed by atoms with E-state index in [4.69, 9.17) is 10.4 Å². The van der Waals surface area contributed by atoms with Gasteiger partial charge in [0.1, 0.15) is 6.07 Å². The van der Waals surface area contributed by atoms with Gasteiger partial charge in [-0.25, -0.2) is 0 Å². The summed E-state index contributed by atoms with van der Waals surface area (Å²) in [6, 6.07) is 11.6. The van der Waals surface area contributed by atoms with Crippen LogP contribution in [0.4, 0.5) is 11.4 Å². The van der Waals surface area contributed by atoms with Crippen molar-refractivity contribution in [3.8, 4) is 6.07 Å². The van der Waals surface area contributed by atoms with E-state index in [2.05, 4.69) is 16.4 Å². The van der Waals surface area contributed by atoms with Gasteiger partial charge in [0, 0.05) is 24.7 Å². The molecule has 0 bridgehead atoms. The highest BCUT2D eigenvalue weighted by Crippen LogP contribution is 2.19. The monoisotopic (exact) mass is 239 g/mol. The molecular weight excluding hydrogens is 226 g/mol. The minimum Gasteiger partial charge on any atom is -0.396 e. The molecule has 4 nitrogen and oxygen atoms in total. The minimum absolute atomic E-state index is 0.149. The van der Waals surface area contributed by atoms with Crippen molar-refractivity contribution in [2.45, 2.75) is 6.42 Å². The summed E-state index contributed by atoms with van der Waals surface area (Å²) in [5.41, 5.74) is 3.23. The zero-order chi connectivity index (χ0) is 12.8. The van der Waals surface area contributed by atoms with Crippen molar-refractivity contribution in [1.29, 1.82) is 5.26 Å². The lowest BCUT2D eigenvalue weighted by atomic mass is 10.1. The molecule has 90 valence electrons. The molecule has 2 N–H and O–H groups in total. The van der Waals surface area contributed by atoms with E-state index >= 15 is 0 Å². The summed E-state index contributed by atoms with van der Waals surface area (Å²) in [6.45, 7) is 0.149. The Balaban J connectivity index is 2.16. The highest BCUT2D eigenvalue weighted by molar-refractivity contribution is 5.65. The molecule has 1 aromatic carbocycles. The van der Waals surface area contributed by atoms with Gasteiger partial charge in [-0.3, -0.25) is 4.98 Å². The summed E-state index contributed by atoms with van der Waals surface area (Å²) < 4.78 is 0. The number of hydrogen-bond donors (Lipinski definition) is 2. The molecule has 0 atom stereocenters. The lowest BCUT2D eigenvalue weighted by Crippen LogP contribution is -1.95. The van der Waals surface area contributed by atoms with Crippen LogP contribution in [-0.2, 0) is 6.42 Å². The Kier molecular flexibility index (Phi) is 3.90. The Morgan fingerprint density at radius 2 is 2.00 bits per heavy atom. The molecule has 18 heavy (non-hydrogen) atoms. The fraction of sp³-hybridized carbons (Fsp3) is 0.143. The number of hydrogen-bond acceptors (Lipinski definition) is 4. The van der Waals surface area contributed by atoms with Crippen LogP contribution in [0.5, 0.6) is 0 Å². The van der Waals surface area contributed by atoms with E-state index in [1.807, 2.05) is 24.3 Å². The first-order chi connectivity index (χ1) is 8.83. The van der Waals surface area contributed by atoms with Crippen LogP contribution in [0.2, 0.25) is 0 Å². The number of aliphatic hydroxyl groups is 1. The Hall–Kier alpha value is -2.38. The first kappa shape index (κ1) is 12.1. The highest BCUT2D eigenvalue weighted by Gasteiger charge is 2.01. The quantitative estimate of drug-likeness (QED) is 0.858. The summed E-state index contributed by atoms with van der Waals surface area (Å²) in [5, 5.41) is 21.0. The fourth-order valence-corrected chi connectivity index (χ4v) is 1.63. The van der Waals surface area contributed by atoms with Crippen molar-refractivity contribution in [1.82, 2.24) is 4.98 Å². The largest absolute Gasteiger partial charge is 0.396 e. The molecule has 0 aliphatic carbocycles. The van der Waals surface area contributed by atoms with Crippen LogP contribution in [0.15, 0.2) is 42.7 Å². The fourth-order valence-electron chi connectivity index (χ4n) is 1.63. The Morgan fingerprint density at radius 1 is 1.22 bits per heavy atom. The van der Waals surface area contributed by atoms with Gasteiger partial charge in [0.05, 0.1) is 11.3 Å².